The Bertz CT molecular complexity index is 1110. The van der Waals surface area contributed by atoms with E-state index >= 15 is 0 Å². The third-order valence-corrected chi connectivity index (χ3v) is 8.06. The summed E-state index contributed by atoms with van der Waals surface area (Å²) in [6.45, 7) is 13.2. The van der Waals surface area contributed by atoms with Gasteiger partial charge in [-0.05, 0) is 52.3 Å². The van der Waals surface area contributed by atoms with E-state index in [1.54, 1.807) is 6.07 Å². The summed E-state index contributed by atoms with van der Waals surface area (Å²) in [7, 11) is -4.01. The minimum atomic E-state index is -3.52. The second-order valence-electron chi connectivity index (χ2n) is 10.1. The minimum absolute atomic E-state index is 0.0645. The lowest BCUT2D eigenvalue weighted by molar-refractivity contribution is 0.589. The van der Waals surface area contributed by atoms with Gasteiger partial charge in [-0.25, -0.2) is 8.42 Å². The van der Waals surface area contributed by atoms with Gasteiger partial charge in [0.05, 0.1) is 20.9 Å². The van der Waals surface area contributed by atoms with Crippen LogP contribution in [0.5, 0.6) is 0 Å². The van der Waals surface area contributed by atoms with Gasteiger partial charge in [-0.2, -0.15) is 0 Å². The fourth-order valence-corrected chi connectivity index (χ4v) is 6.16. The van der Waals surface area contributed by atoms with Crippen LogP contribution in [0, 0.1) is 0 Å². The summed E-state index contributed by atoms with van der Waals surface area (Å²) in [4.78, 5) is 3.18. The van der Waals surface area contributed by atoms with Crippen molar-refractivity contribution in [3.05, 3.63) is 88.6 Å². The highest BCUT2D eigenvalue weighted by Gasteiger charge is 2.30. The Morgan fingerprint density at radius 1 is 0.656 bits per heavy atom. The van der Waals surface area contributed by atoms with Crippen LogP contribution in [-0.4, -0.2) is 14.7 Å². The van der Waals surface area contributed by atoms with E-state index in [9.17, 15) is 8.42 Å². The molecule has 3 aromatic carbocycles. The second kappa shape index (κ2) is 8.95. The highest BCUT2D eigenvalue weighted by molar-refractivity contribution is 7.97. The Morgan fingerprint density at radius 3 is 1.44 bits per heavy atom. The summed E-state index contributed by atoms with van der Waals surface area (Å²) in [5.41, 5.74) is 3.16. The van der Waals surface area contributed by atoms with Gasteiger partial charge in [0, 0.05) is 6.26 Å². The molecule has 0 bridgehead atoms. The van der Waals surface area contributed by atoms with Gasteiger partial charge in [-0.1, -0.05) is 89.7 Å². The van der Waals surface area contributed by atoms with E-state index in [1.807, 2.05) is 18.2 Å². The molecule has 0 unspecified atom stereocenters. The molecule has 0 atom stereocenters. The molecular weight excluding hydrogens is 434 g/mol. The van der Waals surface area contributed by atoms with Gasteiger partial charge < -0.3 is 4.72 Å². The van der Waals surface area contributed by atoms with Crippen molar-refractivity contribution in [2.24, 2.45) is 0 Å². The molecule has 32 heavy (non-hydrogen) atoms. The molecule has 0 aromatic heterocycles. The summed E-state index contributed by atoms with van der Waals surface area (Å²) in [6.07, 6.45) is 1.14. The van der Waals surface area contributed by atoms with Gasteiger partial charge in [0.1, 0.15) is 0 Å². The van der Waals surface area contributed by atoms with E-state index in [-0.39, 0.29) is 10.8 Å². The van der Waals surface area contributed by atoms with E-state index in [0.29, 0.717) is 5.69 Å². The molecule has 0 aliphatic heterocycles. The quantitative estimate of drug-likeness (QED) is 0.368. The van der Waals surface area contributed by atoms with Crippen LogP contribution < -0.4 is 0 Å². The molecular formula is C27H33NO2S2. The lowest BCUT2D eigenvalue weighted by atomic mass is 9.87. The van der Waals surface area contributed by atoms with Gasteiger partial charge in [-0.3, -0.25) is 0 Å². The number of benzene rings is 3. The SMILES string of the molecule is CC(C)(C)c1ccc([S+](c2ccc(C(C)(C)C)cc2)c2ccccc2[N-]S(C)(=O)=O)cc1. The zero-order chi connectivity index (χ0) is 23.7. The number of nitrogens with zero attached hydrogens (tertiary/aromatic N) is 1. The maximum atomic E-state index is 12.0. The maximum Gasteiger partial charge on any atom is 0.166 e. The Labute approximate surface area is 196 Å². The van der Waals surface area contributed by atoms with Crippen LogP contribution >= 0.6 is 0 Å². The minimum Gasteiger partial charge on any atom is -0.573 e. The van der Waals surface area contributed by atoms with E-state index in [0.717, 1.165) is 20.9 Å². The highest BCUT2D eigenvalue weighted by Crippen LogP contribution is 2.40. The number of sulfonamides is 1. The molecule has 3 nitrogen and oxygen atoms in total. The van der Waals surface area contributed by atoms with Gasteiger partial charge in [0.15, 0.2) is 14.7 Å². The van der Waals surface area contributed by atoms with Crippen LogP contribution in [0.4, 0.5) is 5.69 Å². The topological polar surface area (TPSA) is 48.2 Å². The first-order valence-corrected chi connectivity index (χ1v) is 13.8. The number of hydrogen-bond donors (Lipinski definition) is 0. The van der Waals surface area contributed by atoms with Crippen LogP contribution in [0.3, 0.4) is 0 Å². The van der Waals surface area contributed by atoms with Crippen molar-refractivity contribution in [2.75, 3.05) is 6.26 Å². The molecule has 3 rings (SSSR count). The van der Waals surface area contributed by atoms with Crippen molar-refractivity contribution in [3.8, 4) is 0 Å². The first kappa shape index (κ1) is 24.4. The molecule has 0 aliphatic rings. The summed E-state index contributed by atoms with van der Waals surface area (Å²) in [6, 6.07) is 24.9. The molecule has 0 spiro atoms. The molecule has 5 heteroatoms. The van der Waals surface area contributed by atoms with Crippen molar-refractivity contribution >= 4 is 26.6 Å². The third-order valence-electron chi connectivity index (χ3n) is 5.26. The molecule has 3 aromatic rings. The summed E-state index contributed by atoms with van der Waals surface area (Å²) >= 11 is 0. The first-order chi connectivity index (χ1) is 14.8. The van der Waals surface area contributed by atoms with Crippen molar-refractivity contribution < 1.29 is 8.42 Å². The molecule has 170 valence electrons. The molecule has 0 amide bonds. The number of rotatable bonds is 5. The van der Waals surface area contributed by atoms with Crippen molar-refractivity contribution in [2.45, 2.75) is 67.1 Å². The average molecular weight is 468 g/mol. The van der Waals surface area contributed by atoms with Gasteiger partial charge in [-0.15, -0.1) is 0 Å². The second-order valence-corrected chi connectivity index (χ2v) is 13.8. The van der Waals surface area contributed by atoms with Gasteiger partial charge >= 0.3 is 0 Å². The van der Waals surface area contributed by atoms with Crippen LogP contribution in [0.2, 0.25) is 0 Å². The normalized spacial score (nSPS) is 12.8. The Hall–Kier alpha value is -2.24. The standard InChI is InChI=1S/C27H33NO2S2/c1-26(2,3)20-12-16-22(17-13-20)31(23-18-14-21(15-19-23)27(4,5)6)25-11-9-8-10-24(25)28-32(7,29)30/h8-19H,1-7H3. The van der Waals surface area contributed by atoms with Crippen LogP contribution in [-0.2, 0) is 31.7 Å². The van der Waals surface area contributed by atoms with Crippen molar-refractivity contribution in [1.29, 1.82) is 0 Å². The Morgan fingerprint density at radius 2 is 1.06 bits per heavy atom. The lowest BCUT2D eigenvalue weighted by Crippen LogP contribution is -2.13. The van der Waals surface area contributed by atoms with Crippen LogP contribution in [0.15, 0.2) is 87.5 Å². The Kier molecular flexibility index (Phi) is 6.83. The molecule has 0 saturated heterocycles. The third kappa shape index (κ3) is 5.96. The lowest BCUT2D eigenvalue weighted by Gasteiger charge is -2.23. The fourth-order valence-electron chi connectivity index (χ4n) is 3.46. The molecule has 0 N–H and O–H groups in total. The summed E-state index contributed by atoms with van der Waals surface area (Å²) < 4.78 is 28.0. The van der Waals surface area contributed by atoms with Crippen molar-refractivity contribution in [3.63, 3.8) is 0 Å². The smallest absolute Gasteiger partial charge is 0.166 e. The van der Waals surface area contributed by atoms with E-state index < -0.39 is 20.9 Å². The average Bonchev–Trinajstić information content (AvgIpc) is 2.68. The summed E-state index contributed by atoms with van der Waals surface area (Å²) in [5.74, 6) is 0. The molecule has 0 radical (unpaired) electrons. The zero-order valence-electron chi connectivity index (χ0n) is 20.0. The monoisotopic (exact) mass is 467 g/mol. The van der Waals surface area contributed by atoms with E-state index in [4.69, 9.17) is 0 Å². The van der Waals surface area contributed by atoms with Crippen LogP contribution in [0.25, 0.3) is 4.72 Å². The fraction of sp³-hybridized carbons (Fsp3) is 0.333. The van der Waals surface area contributed by atoms with Crippen molar-refractivity contribution in [1.82, 2.24) is 0 Å². The van der Waals surface area contributed by atoms with E-state index in [2.05, 4.69) is 94.8 Å². The molecule has 0 heterocycles. The van der Waals surface area contributed by atoms with Gasteiger partial charge in [0.2, 0.25) is 0 Å². The van der Waals surface area contributed by atoms with E-state index in [1.165, 1.54) is 11.1 Å². The van der Waals surface area contributed by atoms with Gasteiger partial charge in [0.25, 0.3) is 0 Å². The first-order valence-electron chi connectivity index (χ1n) is 10.7. The predicted molar refractivity (Wildman–Crippen MR) is 137 cm³/mol. The highest BCUT2D eigenvalue weighted by atomic mass is 32.2. The predicted octanol–water partition coefficient (Wildman–Crippen LogP) is 7.34. The van der Waals surface area contributed by atoms with Crippen LogP contribution in [0.1, 0.15) is 52.7 Å². The summed E-state index contributed by atoms with van der Waals surface area (Å²) in [5, 5.41) is 0. The molecule has 0 fully saturated rings. The zero-order valence-corrected chi connectivity index (χ0v) is 21.6. The number of hydrogen-bond acceptors (Lipinski definition) is 2. The molecule has 0 saturated carbocycles. The Balaban J connectivity index is 2.17. The maximum absolute atomic E-state index is 12.0. The molecule has 0 aliphatic carbocycles. The largest absolute Gasteiger partial charge is 0.573 e.